The highest BCUT2D eigenvalue weighted by atomic mass is 35.5. The third kappa shape index (κ3) is 2.61. The first-order valence-corrected chi connectivity index (χ1v) is 6.14. The van der Waals surface area contributed by atoms with Crippen molar-refractivity contribution in [2.24, 2.45) is 5.92 Å². The number of carbonyl (C=O) groups excluding carboxylic acids is 2. The summed E-state index contributed by atoms with van der Waals surface area (Å²) >= 11 is 5.99. The molecule has 1 unspecified atom stereocenters. The Balaban J connectivity index is 2.32. The van der Waals surface area contributed by atoms with E-state index in [1.807, 2.05) is 0 Å². The molecule has 0 spiro atoms. The molecule has 2 rings (SSSR count). The van der Waals surface area contributed by atoms with E-state index in [0.29, 0.717) is 23.2 Å². The molecular weight excluding hydrogens is 270 g/mol. The van der Waals surface area contributed by atoms with E-state index in [1.165, 1.54) is 6.07 Å². The monoisotopic (exact) mass is 281 g/mol. The maximum atomic E-state index is 12.1. The van der Waals surface area contributed by atoms with E-state index < -0.39 is 11.9 Å². The van der Waals surface area contributed by atoms with Gasteiger partial charge in [-0.05, 0) is 17.7 Å². The lowest BCUT2D eigenvalue weighted by molar-refractivity contribution is -0.137. The number of ketones is 1. The first-order valence-electron chi connectivity index (χ1n) is 5.76. The van der Waals surface area contributed by atoms with Crippen LogP contribution in [0.5, 0.6) is 0 Å². The summed E-state index contributed by atoms with van der Waals surface area (Å²) in [5.41, 5.74) is 1.40. The second kappa shape index (κ2) is 5.01. The van der Waals surface area contributed by atoms with Gasteiger partial charge in [0.1, 0.15) is 0 Å². The van der Waals surface area contributed by atoms with Crippen LogP contribution in [0.15, 0.2) is 12.1 Å². The van der Waals surface area contributed by atoms with Gasteiger partial charge in [-0.1, -0.05) is 18.5 Å². The van der Waals surface area contributed by atoms with Gasteiger partial charge in [-0.2, -0.15) is 0 Å². The first kappa shape index (κ1) is 13.5. The van der Waals surface area contributed by atoms with Crippen molar-refractivity contribution >= 4 is 29.3 Å². The van der Waals surface area contributed by atoms with Gasteiger partial charge in [-0.15, -0.1) is 0 Å². The van der Waals surface area contributed by atoms with E-state index in [-0.39, 0.29) is 23.1 Å². The van der Waals surface area contributed by atoms with Crippen LogP contribution in [0.3, 0.4) is 0 Å². The zero-order valence-electron chi connectivity index (χ0n) is 10.2. The van der Waals surface area contributed by atoms with Crippen molar-refractivity contribution in [3.05, 3.63) is 33.8 Å². The Hall–Kier alpha value is -1.88. The van der Waals surface area contributed by atoms with Crippen LogP contribution in [0.2, 0.25) is 5.02 Å². The van der Waals surface area contributed by atoms with Crippen LogP contribution in [0, 0.1) is 5.92 Å². The standard InChI is InChI=1S/C13H12ClNO4/c1-6(2-10(16)17)12(18)7-3-8-5-15-13(19)11(8)9(14)4-7/h3-4,6H,2,5H2,1H3,(H,15,19)(H,16,17). The number of nitrogens with one attached hydrogen (secondary N) is 1. The number of carboxylic acids is 1. The maximum Gasteiger partial charge on any atom is 0.304 e. The van der Waals surface area contributed by atoms with E-state index in [9.17, 15) is 14.4 Å². The second-order valence-corrected chi connectivity index (χ2v) is 4.95. The summed E-state index contributed by atoms with van der Waals surface area (Å²) in [6.45, 7) is 1.89. The number of amides is 1. The molecule has 1 aliphatic heterocycles. The van der Waals surface area contributed by atoms with Gasteiger partial charge in [0.05, 0.1) is 17.0 Å². The van der Waals surface area contributed by atoms with Crippen molar-refractivity contribution in [3.8, 4) is 0 Å². The molecule has 6 heteroatoms. The van der Waals surface area contributed by atoms with Crippen LogP contribution in [-0.2, 0) is 11.3 Å². The lowest BCUT2D eigenvalue weighted by Gasteiger charge is -2.09. The summed E-state index contributed by atoms with van der Waals surface area (Å²) in [5.74, 6) is -2.19. The third-order valence-corrected chi connectivity index (χ3v) is 3.35. The smallest absolute Gasteiger partial charge is 0.304 e. The summed E-state index contributed by atoms with van der Waals surface area (Å²) in [5, 5.41) is 11.5. The molecule has 5 nitrogen and oxygen atoms in total. The Labute approximate surface area is 114 Å². The number of fused-ring (bicyclic) bond motifs is 1. The van der Waals surface area contributed by atoms with Crippen molar-refractivity contribution in [2.45, 2.75) is 19.9 Å². The molecular formula is C13H12ClNO4. The largest absolute Gasteiger partial charge is 0.481 e. The number of benzene rings is 1. The first-order chi connectivity index (χ1) is 8.90. The van der Waals surface area contributed by atoms with Gasteiger partial charge < -0.3 is 10.4 Å². The molecule has 0 radical (unpaired) electrons. The highest BCUT2D eigenvalue weighted by molar-refractivity contribution is 6.34. The minimum atomic E-state index is -1.02. The Morgan fingerprint density at radius 1 is 1.47 bits per heavy atom. The summed E-state index contributed by atoms with van der Waals surface area (Å²) in [6.07, 6.45) is -0.231. The van der Waals surface area contributed by atoms with Crippen LogP contribution < -0.4 is 5.32 Å². The molecule has 1 aliphatic rings. The quantitative estimate of drug-likeness (QED) is 0.825. The molecule has 0 saturated heterocycles. The number of Topliss-reactive ketones (excluding diaryl/α,β-unsaturated/α-hetero) is 1. The van der Waals surface area contributed by atoms with Gasteiger partial charge in [0.15, 0.2) is 5.78 Å². The Morgan fingerprint density at radius 3 is 2.79 bits per heavy atom. The summed E-state index contributed by atoms with van der Waals surface area (Å²) < 4.78 is 0. The molecule has 0 aromatic heterocycles. The average Bonchev–Trinajstić information content (AvgIpc) is 2.69. The van der Waals surface area contributed by atoms with Crippen LogP contribution in [0.25, 0.3) is 0 Å². The summed E-state index contributed by atoms with van der Waals surface area (Å²) in [6, 6.07) is 3.02. The Bertz CT molecular complexity index is 582. The fourth-order valence-electron chi connectivity index (χ4n) is 2.10. The highest BCUT2D eigenvalue weighted by Gasteiger charge is 2.26. The molecule has 0 saturated carbocycles. The minimum absolute atomic E-state index is 0.221. The zero-order chi connectivity index (χ0) is 14.2. The van der Waals surface area contributed by atoms with Gasteiger partial charge in [-0.3, -0.25) is 14.4 Å². The molecule has 0 fully saturated rings. The van der Waals surface area contributed by atoms with Gasteiger partial charge in [0, 0.05) is 18.0 Å². The normalized spacial score (nSPS) is 14.7. The van der Waals surface area contributed by atoms with Crippen LogP contribution >= 0.6 is 11.6 Å². The van der Waals surface area contributed by atoms with Gasteiger partial charge in [-0.25, -0.2) is 0 Å². The number of carboxylic acid groups (broad SMARTS) is 1. The molecule has 0 aliphatic carbocycles. The van der Waals surface area contributed by atoms with Gasteiger partial charge >= 0.3 is 5.97 Å². The highest BCUT2D eigenvalue weighted by Crippen LogP contribution is 2.27. The van der Waals surface area contributed by atoms with E-state index in [1.54, 1.807) is 13.0 Å². The van der Waals surface area contributed by atoms with Gasteiger partial charge in [0.25, 0.3) is 5.91 Å². The Kier molecular flexibility index (Phi) is 3.57. The van der Waals surface area contributed by atoms with Crippen molar-refractivity contribution in [3.63, 3.8) is 0 Å². The van der Waals surface area contributed by atoms with Crippen molar-refractivity contribution < 1.29 is 19.5 Å². The second-order valence-electron chi connectivity index (χ2n) is 4.54. The zero-order valence-corrected chi connectivity index (χ0v) is 11.0. The molecule has 1 atom stereocenters. The fourth-order valence-corrected chi connectivity index (χ4v) is 2.43. The molecule has 1 aromatic carbocycles. The third-order valence-electron chi connectivity index (χ3n) is 3.05. The predicted molar refractivity (Wildman–Crippen MR) is 68.4 cm³/mol. The molecule has 0 bridgehead atoms. The van der Waals surface area contributed by atoms with Gasteiger partial charge in [0.2, 0.25) is 0 Å². The molecule has 19 heavy (non-hydrogen) atoms. The SMILES string of the molecule is CC(CC(=O)O)C(=O)c1cc(Cl)c2c(c1)CNC2=O. The lowest BCUT2D eigenvalue weighted by atomic mass is 9.94. The topological polar surface area (TPSA) is 83.5 Å². The van der Waals surface area contributed by atoms with Crippen molar-refractivity contribution in [2.75, 3.05) is 0 Å². The summed E-state index contributed by atoms with van der Waals surface area (Å²) in [7, 11) is 0. The average molecular weight is 282 g/mol. The molecule has 1 heterocycles. The summed E-state index contributed by atoms with van der Waals surface area (Å²) in [4.78, 5) is 34.2. The van der Waals surface area contributed by atoms with E-state index >= 15 is 0 Å². The minimum Gasteiger partial charge on any atom is -0.481 e. The molecule has 100 valence electrons. The van der Waals surface area contributed by atoms with Crippen LogP contribution in [0.1, 0.15) is 39.6 Å². The fraction of sp³-hybridized carbons (Fsp3) is 0.308. The number of hydrogen-bond acceptors (Lipinski definition) is 3. The number of rotatable bonds is 4. The number of halogens is 1. The number of hydrogen-bond donors (Lipinski definition) is 2. The molecule has 1 amide bonds. The van der Waals surface area contributed by atoms with Crippen molar-refractivity contribution in [1.82, 2.24) is 5.32 Å². The maximum absolute atomic E-state index is 12.1. The van der Waals surface area contributed by atoms with E-state index in [2.05, 4.69) is 5.32 Å². The molecule has 2 N–H and O–H groups in total. The van der Waals surface area contributed by atoms with Crippen molar-refractivity contribution in [1.29, 1.82) is 0 Å². The molecule has 1 aromatic rings. The van der Waals surface area contributed by atoms with E-state index in [4.69, 9.17) is 16.7 Å². The number of carbonyl (C=O) groups is 3. The van der Waals surface area contributed by atoms with Crippen LogP contribution in [0.4, 0.5) is 0 Å². The predicted octanol–water partition coefficient (Wildman–Crippen LogP) is 1.88. The lowest BCUT2D eigenvalue weighted by Crippen LogP contribution is -2.16. The number of aliphatic carboxylic acids is 1. The van der Waals surface area contributed by atoms with E-state index in [0.717, 1.165) is 0 Å². The van der Waals surface area contributed by atoms with Crippen LogP contribution in [-0.4, -0.2) is 22.8 Å². The Morgan fingerprint density at radius 2 is 2.16 bits per heavy atom.